The Bertz CT molecular complexity index is 221. The van der Waals surface area contributed by atoms with E-state index in [4.69, 9.17) is 6.42 Å². The molecule has 1 fully saturated rings. The second kappa shape index (κ2) is 5.53. The van der Waals surface area contributed by atoms with E-state index in [1.807, 2.05) is 0 Å². The largest absolute Gasteiger partial charge is 0.312 e. The van der Waals surface area contributed by atoms with Crippen LogP contribution in [0.3, 0.4) is 0 Å². The van der Waals surface area contributed by atoms with Crippen LogP contribution in [0.4, 0.5) is 0 Å². The quantitative estimate of drug-likeness (QED) is 0.694. The molecule has 0 aromatic heterocycles. The van der Waals surface area contributed by atoms with Gasteiger partial charge >= 0.3 is 0 Å². The van der Waals surface area contributed by atoms with Crippen molar-refractivity contribution in [3.05, 3.63) is 0 Å². The summed E-state index contributed by atoms with van der Waals surface area (Å²) in [5.74, 6) is 2.82. The molecule has 0 aliphatic heterocycles. The van der Waals surface area contributed by atoms with Crippen molar-refractivity contribution >= 4 is 0 Å². The molecule has 0 amide bonds. The van der Waals surface area contributed by atoms with Crippen molar-refractivity contribution in [2.24, 2.45) is 0 Å². The van der Waals surface area contributed by atoms with Crippen molar-refractivity contribution in [2.45, 2.75) is 50.6 Å². The summed E-state index contributed by atoms with van der Waals surface area (Å²) in [6.07, 6.45) is 11.5. The molecule has 1 unspecified atom stereocenters. The zero-order valence-electron chi connectivity index (χ0n) is 10.3. The minimum absolute atomic E-state index is 0.294. The fourth-order valence-electron chi connectivity index (χ4n) is 2.91. The normalized spacial score (nSPS) is 21.5. The van der Waals surface area contributed by atoms with Crippen LogP contribution < -0.4 is 5.32 Å². The summed E-state index contributed by atoms with van der Waals surface area (Å²) in [6.45, 7) is 3.16. The first-order valence-electron chi connectivity index (χ1n) is 6.01. The summed E-state index contributed by atoms with van der Waals surface area (Å²) in [4.78, 5) is 2.38. The maximum absolute atomic E-state index is 5.48. The van der Waals surface area contributed by atoms with E-state index in [1.54, 1.807) is 0 Å². The molecule has 1 atom stereocenters. The molecule has 0 spiro atoms. The lowest BCUT2D eigenvalue weighted by atomic mass is 9.85. The minimum Gasteiger partial charge on any atom is -0.312 e. The highest BCUT2D eigenvalue weighted by molar-refractivity contribution is 5.06. The summed E-state index contributed by atoms with van der Waals surface area (Å²) in [5, 5.41) is 3.56. The van der Waals surface area contributed by atoms with Gasteiger partial charge in [-0.05, 0) is 33.5 Å². The Morgan fingerprint density at radius 1 is 1.40 bits per heavy atom. The van der Waals surface area contributed by atoms with Gasteiger partial charge in [0.15, 0.2) is 0 Å². The highest BCUT2D eigenvalue weighted by Gasteiger charge is 2.42. The first kappa shape index (κ1) is 12.5. The van der Waals surface area contributed by atoms with E-state index in [9.17, 15) is 0 Å². The van der Waals surface area contributed by atoms with Crippen LogP contribution in [0.25, 0.3) is 0 Å². The predicted molar refractivity (Wildman–Crippen MR) is 65.8 cm³/mol. The van der Waals surface area contributed by atoms with E-state index in [0.29, 0.717) is 11.6 Å². The van der Waals surface area contributed by atoms with Gasteiger partial charge in [0, 0.05) is 18.0 Å². The summed E-state index contributed by atoms with van der Waals surface area (Å²) in [5.41, 5.74) is 0.294. The summed E-state index contributed by atoms with van der Waals surface area (Å²) >= 11 is 0. The summed E-state index contributed by atoms with van der Waals surface area (Å²) in [7, 11) is 4.37. The Labute approximate surface area is 94.4 Å². The molecule has 2 nitrogen and oxygen atoms in total. The number of likely N-dealkylation sites (N-methyl/N-ethyl adjacent to an activating group) is 2. The molecule has 1 aliphatic rings. The Morgan fingerprint density at radius 2 is 2.00 bits per heavy atom. The Kier molecular flexibility index (Phi) is 4.63. The second-order valence-corrected chi connectivity index (χ2v) is 4.72. The van der Waals surface area contributed by atoms with Crippen molar-refractivity contribution in [1.82, 2.24) is 10.2 Å². The Hall–Kier alpha value is -0.520. The third kappa shape index (κ3) is 2.53. The highest BCUT2D eigenvalue weighted by atomic mass is 15.2. The molecule has 86 valence electrons. The molecule has 1 aliphatic carbocycles. The summed E-state index contributed by atoms with van der Waals surface area (Å²) < 4.78 is 0. The molecule has 2 heteroatoms. The molecule has 0 bridgehead atoms. The van der Waals surface area contributed by atoms with Crippen molar-refractivity contribution in [3.63, 3.8) is 0 Å². The number of nitrogens with one attached hydrogen (secondary N) is 1. The molecule has 1 N–H and O–H groups in total. The lowest BCUT2D eigenvalue weighted by molar-refractivity contribution is 0.107. The standard InChI is InChI=1S/C13H24N2/c1-5-9-12(14-6-2)13(15(3)4)10-7-8-11-13/h1,12,14H,6-11H2,2-4H3. The van der Waals surface area contributed by atoms with E-state index in [0.717, 1.165) is 13.0 Å². The van der Waals surface area contributed by atoms with Gasteiger partial charge in [0.2, 0.25) is 0 Å². The van der Waals surface area contributed by atoms with Gasteiger partial charge in [-0.15, -0.1) is 12.3 Å². The van der Waals surface area contributed by atoms with Crippen LogP contribution in [-0.2, 0) is 0 Å². The first-order valence-corrected chi connectivity index (χ1v) is 6.01. The molecule has 0 aromatic rings. The number of rotatable bonds is 5. The van der Waals surface area contributed by atoms with Gasteiger partial charge in [0.25, 0.3) is 0 Å². The van der Waals surface area contributed by atoms with E-state index in [2.05, 4.69) is 37.2 Å². The molecule has 0 heterocycles. The third-order valence-electron chi connectivity index (χ3n) is 3.78. The molecule has 0 aromatic carbocycles. The number of hydrogen-bond donors (Lipinski definition) is 1. The van der Waals surface area contributed by atoms with Gasteiger partial charge in [-0.1, -0.05) is 19.8 Å². The number of hydrogen-bond acceptors (Lipinski definition) is 2. The number of terminal acetylenes is 1. The SMILES string of the molecule is C#CCC(NCC)C1(N(C)C)CCCC1. The van der Waals surface area contributed by atoms with E-state index < -0.39 is 0 Å². The third-order valence-corrected chi connectivity index (χ3v) is 3.78. The predicted octanol–water partition coefficient (Wildman–Crippen LogP) is 1.86. The van der Waals surface area contributed by atoms with Crippen LogP contribution >= 0.6 is 0 Å². The molecule has 0 radical (unpaired) electrons. The van der Waals surface area contributed by atoms with Gasteiger partial charge in [-0.25, -0.2) is 0 Å². The first-order chi connectivity index (χ1) is 7.17. The topological polar surface area (TPSA) is 15.3 Å². The van der Waals surface area contributed by atoms with Crippen LogP contribution in [0.1, 0.15) is 39.0 Å². The molecular weight excluding hydrogens is 184 g/mol. The van der Waals surface area contributed by atoms with Gasteiger partial charge in [0.05, 0.1) is 0 Å². The smallest absolute Gasteiger partial charge is 0.0365 e. The maximum Gasteiger partial charge on any atom is 0.0365 e. The average Bonchev–Trinajstić information content (AvgIpc) is 2.67. The Balaban J connectivity index is 2.79. The lowest BCUT2D eigenvalue weighted by Crippen LogP contribution is -2.57. The maximum atomic E-state index is 5.48. The molecular formula is C13H24N2. The minimum atomic E-state index is 0.294. The van der Waals surface area contributed by atoms with Crippen LogP contribution in [0.5, 0.6) is 0 Å². The Morgan fingerprint density at radius 3 is 2.40 bits per heavy atom. The zero-order valence-corrected chi connectivity index (χ0v) is 10.3. The van der Waals surface area contributed by atoms with Crippen molar-refractivity contribution < 1.29 is 0 Å². The second-order valence-electron chi connectivity index (χ2n) is 4.72. The van der Waals surface area contributed by atoms with Crippen LogP contribution in [0.15, 0.2) is 0 Å². The van der Waals surface area contributed by atoms with Crippen LogP contribution in [0, 0.1) is 12.3 Å². The van der Waals surface area contributed by atoms with Gasteiger partial charge in [-0.2, -0.15) is 0 Å². The van der Waals surface area contributed by atoms with Gasteiger partial charge < -0.3 is 10.2 Å². The van der Waals surface area contributed by atoms with Gasteiger partial charge in [0.1, 0.15) is 0 Å². The highest BCUT2D eigenvalue weighted by Crippen LogP contribution is 2.37. The van der Waals surface area contributed by atoms with Crippen LogP contribution in [0.2, 0.25) is 0 Å². The van der Waals surface area contributed by atoms with E-state index in [1.165, 1.54) is 25.7 Å². The monoisotopic (exact) mass is 208 g/mol. The molecule has 1 saturated carbocycles. The fourth-order valence-corrected chi connectivity index (χ4v) is 2.91. The average molecular weight is 208 g/mol. The molecule has 0 saturated heterocycles. The lowest BCUT2D eigenvalue weighted by Gasteiger charge is -2.43. The van der Waals surface area contributed by atoms with Gasteiger partial charge in [-0.3, -0.25) is 0 Å². The zero-order chi connectivity index (χ0) is 11.3. The molecule has 15 heavy (non-hydrogen) atoms. The van der Waals surface area contributed by atoms with E-state index in [-0.39, 0.29) is 0 Å². The van der Waals surface area contributed by atoms with E-state index >= 15 is 0 Å². The van der Waals surface area contributed by atoms with Crippen molar-refractivity contribution in [2.75, 3.05) is 20.6 Å². The van der Waals surface area contributed by atoms with Crippen LogP contribution in [-0.4, -0.2) is 37.1 Å². The van der Waals surface area contributed by atoms with Crippen molar-refractivity contribution in [3.8, 4) is 12.3 Å². The van der Waals surface area contributed by atoms with Crippen molar-refractivity contribution in [1.29, 1.82) is 0 Å². The fraction of sp³-hybridized carbons (Fsp3) is 0.846. The molecule has 1 rings (SSSR count). The number of nitrogens with zero attached hydrogens (tertiary/aromatic N) is 1. The summed E-state index contributed by atoms with van der Waals surface area (Å²) in [6, 6.07) is 0.449.